The molecule has 0 spiro atoms. The Kier molecular flexibility index (Phi) is 4.34. The molecular weight excluding hydrogens is 290 g/mol. The van der Waals surface area contributed by atoms with Crippen molar-refractivity contribution >= 4 is 10.8 Å². The smallest absolute Gasteiger partial charge is 0.193 e. The predicted octanol–water partition coefficient (Wildman–Crippen LogP) is 5.67. The molecule has 0 N–H and O–H groups in total. The number of fused-ring (bicyclic) bond motifs is 5. The van der Waals surface area contributed by atoms with E-state index in [0.717, 1.165) is 6.54 Å². The summed E-state index contributed by atoms with van der Waals surface area (Å²) in [6.45, 7) is 3.29. The van der Waals surface area contributed by atoms with Gasteiger partial charge in [-0.2, -0.15) is 4.57 Å². The van der Waals surface area contributed by atoms with E-state index < -0.39 is 0 Å². The van der Waals surface area contributed by atoms with Gasteiger partial charge in [-0.15, -0.1) is 0 Å². The lowest BCUT2D eigenvalue weighted by molar-refractivity contribution is -0.671. The summed E-state index contributed by atoms with van der Waals surface area (Å²) in [4.78, 5) is 0. The maximum absolute atomic E-state index is 2.44. The van der Waals surface area contributed by atoms with Crippen molar-refractivity contribution < 1.29 is 4.57 Å². The molecule has 0 unspecified atom stereocenters. The van der Waals surface area contributed by atoms with Crippen LogP contribution in [0, 0.1) is 0 Å². The monoisotopic (exact) mass is 316 g/mol. The Bertz CT molecular complexity index is 863. The third-order valence-corrected chi connectivity index (χ3v) is 5.27. The first-order valence-corrected chi connectivity index (χ1v) is 9.40. The molecule has 0 bridgehead atoms. The van der Waals surface area contributed by atoms with E-state index in [2.05, 4.69) is 66.2 Å². The van der Waals surface area contributed by atoms with Crippen molar-refractivity contribution in [3.05, 3.63) is 65.9 Å². The fraction of sp³-hybridized carbons (Fsp3) is 0.348. The standard InChI is InChI=1S/C23H26N/c1-2-3-4-5-6-9-18-12-13-22-20(16-18)17-24-15-14-19-10-7-8-11-21(19)23(22)24/h7-8,10-16H,2-6,9,17H2,1H3/q+1. The van der Waals surface area contributed by atoms with Crippen LogP contribution in [0.25, 0.3) is 22.0 Å². The zero-order chi connectivity index (χ0) is 16.4. The third kappa shape index (κ3) is 2.84. The minimum absolute atomic E-state index is 1.01. The number of hydrogen-bond donors (Lipinski definition) is 0. The summed E-state index contributed by atoms with van der Waals surface area (Å²) in [5, 5.41) is 2.70. The molecule has 1 aromatic heterocycles. The summed E-state index contributed by atoms with van der Waals surface area (Å²) in [7, 11) is 0. The Morgan fingerprint density at radius 1 is 0.917 bits per heavy atom. The zero-order valence-electron chi connectivity index (χ0n) is 14.6. The molecule has 0 saturated carbocycles. The van der Waals surface area contributed by atoms with Gasteiger partial charge in [0.2, 0.25) is 5.69 Å². The van der Waals surface area contributed by atoms with E-state index in [0.29, 0.717) is 0 Å². The number of aryl methyl sites for hydroxylation is 1. The number of aromatic nitrogens is 1. The van der Waals surface area contributed by atoms with Gasteiger partial charge < -0.3 is 0 Å². The second-order valence-electron chi connectivity index (χ2n) is 7.04. The summed E-state index contributed by atoms with van der Waals surface area (Å²) in [6.07, 6.45) is 10.2. The lowest BCUT2D eigenvalue weighted by atomic mass is 9.98. The highest BCUT2D eigenvalue weighted by Crippen LogP contribution is 2.33. The van der Waals surface area contributed by atoms with Crippen LogP contribution in [-0.2, 0) is 13.0 Å². The zero-order valence-corrected chi connectivity index (χ0v) is 14.6. The average molecular weight is 316 g/mol. The van der Waals surface area contributed by atoms with Crippen molar-refractivity contribution in [2.45, 2.75) is 52.0 Å². The van der Waals surface area contributed by atoms with Crippen LogP contribution in [0.4, 0.5) is 0 Å². The van der Waals surface area contributed by atoms with Crippen LogP contribution in [0.1, 0.15) is 50.2 Å². The number of rotatable bonds is 6. The molecule has 2 heterocycles. The van der Waals surface area contributed by atoms with Crippen molar-refractivity contribution in [3.8, 4) is 11.3 Å². The van der Waals surface area contributed by atoms with Crippen LogP contribution in [0.3, 0.4) is 0 Å². The SMILES string of the molecule is CCCCCCCc1ccc2c(c1)C[n+]1ccc3ccccc3c1-2. The minimum atomic E-state index is 1.01. The first-order valence-electron chi connectivity index (χ1n) is 9.40. The second-order valence-corrected chi connectivity index (χ2v) is 7.04. The minimum Gasteiger partial charge on any atom is -0.193 e. The molecule has 0 saturated heterocycles. The van der Waals surface area contributed by atoms with Crippen molar-refractivity contribution in [2.24, 2.45) is 0 Å². The molecule has 4 rings (SSSR count). The van der Waals surface area contributed by atoms with Gasteiger partial charge in [0.25, 0.3) is 0 Å². The first-order chi connectivity index (χ1) is 11.9. The fourth-order valence-electron chi connectivity index (χ4n) is 3.97. The molecule has 1 aliphatic heterocycles. The Labute approximate surface area is 145 Å². The van der Waals surface area contributed by atoms with Gasteiger partial charge in [-0.25, -0.2) is 0 Å². The molecule has 2 aromatic carbocycles. The quantitative estimate of drug-likeness (QED) is 0.319. The van der Waals surface area contributed by atoms with E-state index in [1.54, 1.807) is 0 Å². The summed E-state index contributed by atoms with van der Waals surface area (Å²) in [6, 6.07) is 18.1. The van der Waals surface area contributed by atoms with Crippen LogP contribution in [0.2, 0.25) is 0 Å². The van der Waals surface area contributed by atoms with Crippen LogP contribution < -0.4 is 4.57 Å². The summed E-state index contributed by atoms with van der Waals surface area (Å²) >= 11 is 0. The van der Waals surface area contributed by atoms with Crippen molar-refractivity contribution in [1.29, 1.82) is 0 Å². The van der Waals surface area contributed by atoms with Gasteiger partial charge in [0.05, 0.1) is 10.9 Å². The number of nitrogens with zero attached hydrogens (tertiary/aromatic N) is 1. The lowest BCUT2D eigenvalue weighted by Crippen LogP contribution is -2.31. The van der Waals surface area contributed by atoms with E-state index in [1.807, 2.05) is 0 Å². The topological polar surface area (TPSA) is 3.88 Å². The fourth-order valence-corrected chi connectivity index (χ4v) is 3.97. The van der Waals surface area contributed by atoms with Gasteiger partial charge in [0, 0.05) is 11.6 Å². The molecule has 1 nitrogen and oxygen atoms in total. The molecule has 1 aliphatic rings. The highest BCUT2D eigenvalue weighted by molar-refractivity contribution is 5.94. The Hall–Kier alpha value is -2.15. The average Bonchev–Trinajstić information content (AvgIpc) is 2.99. The van der Waals surface area contributed by atoms with Crippen molar-refractivity contribution in [2.75, 3.05) is 0 Å². The Morgan fingerprint density at radius 2 is 1.79 bits per heavy atom. The van der Waals surface area contributed by atoms with Crippen LogP contribution in [0.15, 0.2) is 54.7 Å². The van der Waals surface area contributed by atoms with Crippen molar-refractivity contribution in [1.82, 2.24) is 0 Å². The van der Waals surface area contributed by atoms with Gasteiger partial charge in [-0.05, 0) is 42.0 Å². The highest BCUT2D eigenvalue weighted by atomic mass is 15.0. The molecule has 3 aromatic rings. The number of benzene rings is 2. The van der Waals surface area contributed by atoms with E-state index in [9.17, 15) is 0 Å². The number of unbranched alkanes of at least 4 members (excludes halogenated alkanes) is 4. The maximum Gasteiger partial charge on any atom is 0.221 e. The highest BCUT2D eigenvalue weighted by Gasteiger charge is 2.28. The third-order valence-electron chi connectivity index (χ3n) is 5.27. The Balaban J connectivity index is 1.58. The van der Waals surface area contributed by atoms with Gasteiger partial charge >= 0.3 is 0 Å². The van der Waals surface area contributed by atoms with Crippen molar-refractivity contribution in [3.63, 3.8) is 0 Å². The molecule has 0 aliphatic carbocycles. The largest absolute Gasteiger partial charge is 0.221 e. The normalized spacial score (nSPS) is 12.4. The number of pyridine rings is 1. The first kappa shape index (κ1) is 15.4. The number of hydrogen-bond acceptors (Lipinski definition) is 0. The van der Waals surface area contributed by atoms with Gasteiger partial charge in [0.1, 0.15) is 0 Å². The predicted molar refractivity (Wildman–Crippen MR) is 101 cm³/mol. The van der Waals surface area contributed by atoms with Gasteiger partial charge in [0.15, 0.2) is 12.7 Å². The Morgan fingerprint density at radius 3 is 2.71 bits per heavy atom. The molecule has 0 fully saturated rings. The molecule has 0 amide bonds. The maximum atomic E-state index is 2.44. The summed E-state index contributed by atoms with van der Waals surface area (Å²) < 4.78 is 2.40. The van der Waals surface area contributed by atoms with E-state index in [4.69, 9.17) is 0 Å². The van der Waals surface area contributed by atoms with Crippen LogP contribution >= 0.6 is 0 Å². The summed E-state index contributed by atoms with van der Waals surface area (Å²) in [5.74, 6) is 0. The molecular formula is C23H26N+. The molecule has 122 valence electrons. The second kappa shape index (κ2) is 6.76. The lowest BCUT2D eigenvalue weighted by Gasteiger charge is -2.04. The van der Waals surface area contributed by atoms with Gasteiger partial charge in [-0.3, -0.25) is 0 Å². The molecule has 1 heteroatoms. The van der Waals surface area contributed by atoms with Gasteiger partial charge in [-0.1, -0.05) is 56.9 Å². The van der Waals surface area contributed by atoms with E-state index in [1.165, 1.54) is 71.7 Å². The van der Waals surface area contributed by atoms with E-state index >= 15 is 0 Å². The van der Waals surface area contributed by atoms with Crippen LogP contribution in [0.5, 0.6) is 0 Å². The van der Waals surface area contributed by atoms with Crippen LogP contribution in [-0.4, -0.2) is 0 Å². The molecule has 0 radical (unpaired) electrons. The molecule has 24 heavy (non-hydrogen) atoms. The summed E-state index contributed by atoms with van der Waals surface area (Å²) in [5.41, 5.74) is 5.79. The van der Waals surface area contributed by atoms with E-state index in [-0.39, 0.29) is 0 Å². The molecule has 0 atom stereocenters.